The topological polar surface area (TPSA) is 18.5 Å². The van der Waals surface area contributed by atoms with Gasteiger partial charge in [0, 0.05) is 18.1 Å². The van der Waals surface area contributed by atoms with Crippen LogP contribution in [0, 0.1) is 0 Å². The number of hydrogen-bond donors (Lipinski definition) is 1. The van der Waals surface area contributed by atoms with Gasteiger partial charge in [0.1, 0.15) is 0 Å². The Morgan fingerprint density at radius 3 is 2.16 bits per heavy atom. The second-order valence-electron chi connectivity index (χ2n) is 6.98. The molecule has 0 amide bonds. The first kappa shape index (κ1) is 18.9. The molecule has 0 saturated heterocycles. The molecule has 19 heavy (non-hydrogen) atoms. The Morgan fingerprint density at radius 2 is 1.68 bits per heavy atom. The minimum Gasteiger partial charge on any atom is -0.312 e. The van der Waals surface area contributed by atoms with Crippen LogP contribution in [-0.4, -0.2) is 61.7 Å². The monoisotopic (exact) mass is 271 g/mol. The third-order valence-corrected chi connectivity index (χ3v) is 3.44. The standard InChI is InChI=1S/C16H37N3/c1-8-19(15(2)14-18(6)7)13-11-9-10-12-17-16(3,4)5/h15,17H,8-14H2,1-7H3. The third-order valence-electron chi connectivity index (χ3n) is 3.44. The van der Waals surface area contributed by atoms with Crippen LogP contribution in [0.25, 0.3) is 0 Å². The minimum absolute atomic E-state index is 0.260. The van der Waals surface area contributed by atoms with Crippen LogP contribution < -0.4 is 5.32 Å². The highest BCUT2D eigenvalue weighted by molar-refractivity contribution is 4.71. The van der Waals surface area contributed by atoms with E-state index >= 15 is 0 Å². The maximum absolute atomic E-state index is 3.55. The summed E-state index contributed by atoms with van der Waals surface area (Å²) in [6.45, 7) is 16.0. The average Bonchev–Trinajstić information content (AvgIpc) is 2.25. The van der Waals surface area contributed by atoms with Gasteiger partial charge in [-0.05, 0) is 74.3 Å². The van der Waals surface area contributed by atoms with E-state index in [1.807, 2.05) is 0 Å². The predicted octanol–water partition coefficient (Wildman–Crippen LogP) is 2.82. The molecule has 0 aromatic heterocycles. The van der Waals surface area contributed by atoms with Crippen molar-refractivity contribution in [2.45, 2.75) is 65.5 Å². The maximum Gasteiger partial charge on any atom is 0.0194 e. The number of nitrogens with one attached hydrogen (secondary N) is 1. The number of likely N-dealkylation sites (N-methyl/N-ethyl adjacent to an activating group) is 2. The van der Waals surface area contributed by atoms with E-state index in [9.17, 15) is 0 Å². The maximum atomic E-state index is 3.55. The molecule has 0 aliphatic carbocycles. The molecule has 0 aliphatic rings. The quantitative estimate of drug-likeness (QED) is 0.616. The van der Waals surface area contributed by atoms with Crippen molar-refractivity contribution in [2.24, 2.45) is 0 Å². The summed E-state index contributed by atoms with van der Waals surface area (Å²) in [7, 11) is 4.31. The second kappa shape index (κ2) is 9.73. The molecule has 0 aromatic carbocycles. The molecule has 116 valence electrons. The zero-order valence-electron chi connectivity index (χ0n) is 14.4. The Morgan fingerprint density at radius 1 is 1.05 bits per heavy atom. The van der Waals surface area contributed by atoms with E-state index in [1.165, 1.54) is 25.8 Å². The van der Waals surface area contributed by atoms with Gasteiger partial charge in [0.15, 0.2) is 0 Å². The Hall–Kier alpha value is -0.120. The van der Waals surface area contributed by atoms with Gasteiger partial charge in [-0.15, -0.1) is 0 Å². The van der Waals surface area contributed by atoms with E-state index in [-0.39, 0.29) is 5.54 Å². The van der Waals surface area contributed by atoms with Crippen molar-refractivity contribution < 1.29 is 0 Å². The molecule has 3 nitrogen and oxygen atoms in total. The van der Waals surface area contributed by atoms with Crippen LogP contribution in [0.5, 0.6) is 0 Å². The summed E-state index contributed by atoms with van der Waals surface area (Å²) in [4.78, 5) is 4.87. The number of unbranched alkanes of at least 4 members (excludes halogenated alkanes) is 2. The summed E-state index contributed by atoms with van der Waals surface area (Å²) >= 11 is 0. The summed E-state index contributed by atoms with van der Waals surface area (Å²) in [6.07, 6.45) is 3.93. The van der Waals surface area contributed by atoms with Gasteiger partial charge < -0.3 is 10.2 Å². The zero-order valence-corrected chi connectivity index (χ0v) is 14.4. The number of rotatable bonds is 10. The molecule has 3 heteroatoms. The Bertz CT molecular complexity index is 209. The Kier molecular flexibility index (Phi) is 9.67. The van der Waals surface area contributed by atoms with Gasteiger partial charge in [0.2, 0.25) is 0 Å². The van der Waals surface area contributed by atoms with Crippen LogP contribution in [0.15, 0.2) is 0 Å². The Labute approximate surface area is 121 Å². The molecular formula is C16H37N3. The van der Waals surface area contributed by atoms with Crippen LogP contribution in [0.3, 0.4) is 0 Å². The van der Waals surface area contributed by atoms with Gasteiger partial charge in [-0.2, -0.15) is 0 Å². The van der Waals surface area contributed by atoms with Gasteiger partial charge in [-0.25, -0.2) is 0 Å². The summed E-state index contributed by atoms with van der Waals surface area (Å²) < 4.78 is 0. The number of nitrogens with zero attached hydrogens (tertiary/aromatic N) is 2. The molecule has 0 rings (SSSR count). The predicted molar refractivity (Wildman–Crippen MR) is 86.9 cm³/mol. The fourth-order valence-electron chi connectivity index (χ4n) is 2.41. The second-order valence-corrected chi connectivity index (χ2v) is 6.98. The molecule has 0 saturated carbocycles. The molecule has 0 fully saturated rings. The van der Waals surface area contributed by atoms with Crippen molar-refractivity contribution in [3.8, 4) is 0 Å². The molecule has 0 heterocycles. The van der Waals surface area contributed by atoms with E-state index < -0.39 is 0 Å². The summed E-state index contributed by atoms with van der Waals surface area (Å²) in [5.74, 6) is 0. The van der Waals surface area contributed by atoms with Crippen LogP contribution in [0.2, 0.25) is 0 Å². The lowest BCUT2D eigenvalue weighted by Gasteiger charge is -2.30. The van der Waals surface area contributed by atoms with Crippen molar-refractivity contribution >= 4 is 0 Å². The largest absolute Gasteiger partial charge is 0.312 e. The lowest BCUT2D eigenvalue weighted by atomic mass is 10.1. The highest BCUT2D eigenvalue weighted by Gasteiger charge is 2.12. The highest BCUT2D eigenvalue weighted by atomic mass is 15.2. The van der Waals surface area contributed by atoms with Gasteiger partial charge in [0.05, 0.1) is 0 Å². The van der Waals surface area contributed by atoms with Crippen LogP contribution in [0.1, 0.15) is 53.9 Å². The fourth-order valence-corrected chi connectivity index (χ4v) is 2.41. The summed E-state index contributed by atoms with van der Waals surface area (Å²) in [5.41, 5.74) is 0.260. The van der Waals surface area contributed by atoms with Gasteiger partial charge in [0.25, 0.3) is 0 Å². The highest BCUT2D eigenvalue weighted by Crippen LogP contribution is 2.05. The van der Waals surface area contributed by atoms with Gasteiger partial charge >= 0.3 is 0 Å². The van der Waals surface area contributed by atoms with E-state index in [1.54, 1.807) is 0 Å². The van der Waals surface area contributed by atoms with Crippen molar-refractivity contribution in [3.05, 3.63) is 0 Å². The molecule has 1 N–H and O–H groups in total. The van der Waals surface area contributed by atoms with E-state index in [0.717, 1.165) is 19.6 Å². The lowest BCUT2D eigenvalue weighted by molar-refractivity contribution is 0.178. The van der Waals surface area contributed by atoms with E-state index in [0.29, 0.717) is 6.04 Å². The molecule has 0 spiro atoms. The SMILES string of the molecule is CCN(CCCCCNC(C)(C)C)C(C)CN(C)C. The molecule has 0 aromatic rings. The van der Waals surface area contributed by atoms with E-state index in [4.69, 9.17) is 0 Å². The van der Waals surface area contributed by atoms with Crippen LogP contribution in [-0.2, 0) is 0 Å². The first-order valence-electron chi connectivity index (χ1n) is 7.90. The molecule has 0 bridgehead atoms. The smallest absolute Gasteiger partial charge is 0.0194 e. The zero-order chi connectivity index (χ0) is 14.9. The van der Waals surface area contributed by atoms with Crippen molar-refractivity contribution in [1.29, 1.82) is 0 Å². The molecule has 0 aliphatic heterocycles. The van der Waals surface area contributed by atoms with Crippen molar-refractivity contribution in [3.63, 3.8) is 0 Å². The minimum atomic E-state index is 0.260. The lowest BCUT2D eigenvalue weighted by Crippen LogP contribution is -2.40. The van der Waals surface area contributed by atoms with Crippen LogP contribution >= 0.6 is 0 Å². The van der Waals surface area contributed by atoms with Crippen molar-refractivity contribution in [2.75, 3.05) is 40.3 Å². The van der Waals surface area contributed by atoms with Gasteiger partial charge in [-0.3, -0.25) is 4.90 Å². The van der Waals surface area contributed by atoms with Crippen LogP contribution in [0.4, 0.5) is 0 Å². The first-order valence-corrected chi connectivity index (χ1v) is 7.90. The van der Waals surface area contributed by atoms with Crippen molar-refractivity contribution in [1.82, 2.24) is 15.1 Å². The summed E-state index contributed by atoms with van der Waals surface area (Å²) in [6, 6.07) is 0.660. The normalized spacial score (nSPS) is 14.4. The number of hydrogen-bond acceptors (Lipinski definition) is 3. The summed E-state index contributed by atoms with van der Waals surface area (Å²) in [5, 5.41) is 3.55. The molecular weight excluding hydrogens is 234 g/mol. The van der Waals surface area contributed by atoms with E-state index in [2.05, 4.69) is 63.8 Å². The first-order chi connectivity index (χ1) is 8.76. The Balaban J connectivity index is 3.67. The molecule has 1 unspecified atom stereocenters. The van der Waals surface area contributed by atoms with Gasteiger partial charge in [-0.1, -0.05) is 13.3 Å². The fraction of sp³-hybridized carbons (Fsp3) is 1.00. The molecule has 1 atom stereocenters. The molecule has 0 radical (unpaired) electrons. The third kappa shape index (κ3) is 11.4. The average molecular weight is 271 g/mol.